The van der Waals surface area contributed by atoms with E-state index in [1.807, 2.05) is 35.2 Å². The highest BCUT2D eigenvalue weighted by Crippen LogP contribution is 2.15. The van der Waals surface area contributed by atoms with Crippen LogP contribution in [-0.4, -0.2) is 72.6 Å². The molecule has 1 aromatic heterocycles. The van der Waals surface area contributed by atoms with Crippen molar-refractivity contribution < 1.29 is 13.9 Å². The Morgan fingerprint density at radius 1 is 1.00 bits per heavy atom. The van der Waals surface area contributed by atoms with Crippen LogP contribution in [0.1, 0.15) is 24.2 Å². The second kappa shape index (κ2) is 10.1. The van der Waals surface area contributed by atoms with Gasteiger partial charge in [0.05, 0.1) is 25.5 Å². The molecule has 3 heterocycles. The van der Waals surface area contributed by atoms with Crippen LogP contribution in [0.4, 0.5) is 0 Å². The maximum absolute atomic E-state index is 13.1. The van der Waals surface area contributed by atoms with Crippen LogP contribution in [0, 0.1) is 0 Å². The summed E-state index contributed by atoms with van der Waals surface area (Å²) < 4.78 is 11.3. The van der Waals surface area contributed by atoms with E-state index in [-0.39, 0.29) is 5.91 Å². The molecule has 6 heteroatoms. The van der Waals surface area contributed by atoms with Gasteiger partial charge in [0, 0.05) is 45.9 Å². The van der Waals surface area contributed by atoms with Gasteiger partial charge in [0.25, 0.3) is 0 Å². The van der Waals surface area contributed by atoms with Gasteiger partial charge in [0.2, 0.25) is 5.91 Å². The number of carbonyl (C=O) groups is 1. The van der Waals surface area contributed by atoms with Crippen molar-refractivity contribution in [2.75, 3.05) is 45.9 Å². The molecule has 1 atom stereocenters. The number of furan rings is 1. The molecule has 1 amide bonds. The lowest BCUT2D eigenvalue weighted by molar-refractivity contribution is -0.134. The topological polar surface area (TPSA) is 49.2 Å². The number of amides is 1. The third-order valence-electron chi connectivity index (χ3n) is 5.81. The molecule has 2 aliphatic rings. The molecule has 0 radical (unpaired) electrons. The number of rotatable bonds is 8. The number of piperazine rings is 1. The average Bonchev–Trinajstić information content (AvgIpc) is 3.44. The van der Waals surface area contributed by atoms with Crippen LogP contribution in [0.3, 0.4) is 0 Å². The zero-order chi connectivity index (χ0) is 19.9. The van der Waals surface area contributed by atoms with Crippen LogP contribution >= 0.6 is 0 Å². The largest absolute Gasteiger partial charge is 0.467 e. The summed E-state index contributed by atoms with van der Waals surface area (Å²) in [5.74, 6) is 0.966. The molecule has 1 unspecified atom stereocenters. The lowest BCUT2D eigenvalue weighted by atomic mass is 10.2. The van der Waals surface area contributed by atoms with Gasteiger partial charge in [-0.15, -0.1) is 0 Å². The quantitative estimate of drug-likeness (QED) is 0.685. The normalized spacial score (nSPS) is 20.8. The van der Waals surface area contributed by atoms with Gasteiger partial charge >= 0.3 is 0 Å². The van der Waals surface area contributed by atoms with Crippen molar-refractivity contribution >= 4 is 5.91 Å². The second-order valence-corrected chi connectivity index (χ2v) is 8.03. The molecule has 6 nitrogen and oxygen atoms in total. The summed E-state index contributed by atoms with van der Waals surface area (Å²) in [4.78, 5) is 19.8. The zero-order valence-corrected chi connectivity index (χ0v) is 17.0. The van der Waals surface area contributed by atoms with Crippen molar-refractivity contribution in [2.45, 2.75) is 32.0 Å². The van der Waals surface area contributed by atoms with Gasteiger partial charge in [-0.25, -0.2) is 0 Å². The van der Waals surface area contributed by atoms with E-state index in [2.05, 4.69) is 21.9 Å². The van der Waals surface area contributed by atoms with E-state index in [1.54, 1.807) is 6.26 Å². The van der Waals surface area contributed by atoms with Gasteiger partial charge in [-0.05, 0) is 30.5 Å². The highest BCUT2D eigenvalue weighted by molar-refractivity contribution is 5.78. The van der Waals surface area contributed by atoms with Crippen molar-refractivity contribution in [3.05, 3.63) is 60.1 Å². The fraction of sp³-hybridized carbons (Fsp3) is 0.522. The number of hydrogen-bond donors (Lipinski definition) is 0. The Labute approximate surface area is 173 Å². The third kappa shape index (κ3) is 5.92. The van der Waals surface area contributed by atoms with Crippen LogP contribution in [0.15, 0.2) is 53.1 Å². The van der Waals surface area contributed by atoms with Gasteiger partial charge in [0.15, 0.2) is 0 Å². The van der Waals surface area contributed by atoms with Gasteiger partial charge < -0.3 is 14.1 Å². The highest BCUT2D eigenvalue weighted by Gasteiger charge is 2.25. The Kier molecular flexibility index (Phi) is 6.98. The first kappa shape index (κ1) is 20.1. The molecule has 0 bridgehead atoms. The fourth-order valence-corrected chi connectivity index (χ4v) is 4.12. The average molecular weight is 398 g/mol. The Bertz CT molecular complexity index is 736. The molecule has 29 heavy (non-hydrogen) atoms. The van der Waals surface area contributed by atoms with Crippen LogP contribution < -0.4 is 0 Å². The van der Waals surface area contributed by atoms with E-state index in [9.17, 15) is 4.79 Å². The van der Waals surface area contributed by atoms with Gasteiger partial charge in [-0.1, -0.05) is 30.3 Å². The molecule has 0 aliphatic carbocycles. The highest BCUT2D eigenvalue weighted by atomic mass is 16.5. The van der Waals surface area contributed by atoms with Gasteiger partial charge in [-0.3, -0.25) is 14.6 Å². The molecule has 0 spiro atoms. The maximum atomic E-state index is 13.1. The van der Waals surface area contributed by atoms with E-state index in [0.717, 1.165) is 50.7 Å². The van der Waals surface area contributed by atoms with Crippen molar-refractivity contribution in [3.63, 3.8) is 0 Å². The molecule has 4 rings (SSSR count). The van der Waals surface area contributed by atoms with Gasteiger partial charge in [0.1, 0.15) is 5.76 Å². The summed E-state index contributed by atoms with van der Waals surface area (Å²) >= 11 is 0. The second-order valence-electron chi connectivity index (χ2n) is 8.03. The number of carbonyl (C=O) groups excluding carboxylic acids is 1. The predicted octanol–water partition coefficient (Wildman–Crippen LogP) is 2.61. The Morgan fingerprint density at radius 2 is 1.79 bits per heavy atom. The molecule has 0 N–H and O–H groups in total. The standard InChI is InChI=1S/C23H31N3O3/c27-23(19-25-12-10-24(11-13-25)17-21-8-4-14-28-21)26(18-22-9-5-15-29-22)16-20-6-2-1-3-7-20/h1-3,5-7,9,15,21H,4,8,10-14,16-19H2. The summed E-state index contributed by atoms with van der Waals surface area (Å²) in [6.45, 7) is 7.36. The summed E-state index contributed by atoms with van der Waals surface area (Å²) in [5, 5.41) is 0. The first-order valence-electron chi connectivity index (χ1n) is 10.7. The van der Waals surface area contributed by atoms with Crippen molar-refractivity contribution in [2.24, 2.45) is 0 Å². The summed E-state index contributed by atoms with van der Waals surface area (Å²) in [6.07, 6.45) is 4.43. The maximum Gasteiger partial charge on any atom is 0.237 e. The van der Waals surface area contributed by atoms with Crippen molar-refractivity contribution in [1.29, 1.82) is 0 Å². The Hall–Kier alpha value is -2.15. The monoisotopic (exact) mass is 397 g/mol. The number of hydrogen-bond acceptors (Lipinski definition) is 5. The molecule has 2 fully saturated rings. The molecule has 2 aromatic rings. The summed E-state index contributed by atoms with van der Waals surface area (Å²) in [5.41, 5.74) is 1.13. The van der Waals surface area contributed by atoms with E-state index in [1.165, 1.54) is 12.8 Å². The smallest absolute Gasteiger partial charge is 0.237 e. The predicted molar refractivity (Wildman–Crippen MR) is 111 cm³/mol. The summed E-state index contributed by atoms with van der Waals surface area (Å²) in [6, 6.07) is 13.9. The van der Waals surface area contributed by atoms with Crippen LogP contribution in [0.25, 0.3) is 0 Å². The Morgan fingerprint density at radius 3 is 2.48 bits per heavy atom. The Balaban J connectivity index is 1.30. The molecule has 0 saturated carbocycles. The zero-order valence-electron chi connectivity index (χ0n) is 17.0. The van der Waals surface area contributed by atoms with E-state index < -0.39 is 0 Å². The third-order valence-corrected chi connectivity index (χ3v) is 5.81. The van der Waals surface area contributed by atoms with Crippen molar-refractivity contribution in [3.8, 4) is 0 Å². The minimum atomic E-state index is 0.151. The number of benzene rings is 1. The lowest BCUT2D eigenvalue weighted by Gasteiger charge is -2.36. The molecule has 2 saturated heterocycles. The van der Waals surface area contributed by atoms with E-state index in [4.69, 9.17) is 9.15 Å². The molecular weight excluding hydrogens is 366 g/mol. The SMILES string of the molecule is O=C(CN1CCN(CC2CCCO2)CC1)N(Cc1ccccc1)Cc1ccco1. The number of ether oxygens (including phenoxy) is 1. The molecule has 156 valence electrons. The van der Waals surface area contributed by atoms with Crippen LogP contribution in [0.5, 0.6) is 0 Å². The lowest BCUT2D eigenvalue weighted by Crippen LogP contribution is -2.51. The first-order valence-corrected chi connectivity index (χ1v) is 10.7. The number of nitrogens with zero attached hydrogens (tertiary/aromatic N) is 3. The minimum absolute atomic E-state index is 0.151. The van der Waals surface area contributed by atoms with Gasteiger partial charge in [-0.2, -0.15) is 0 Å². The van der Waals surface area contributed by atoms with Crippen molar-refractivity contribution in [1.82, 2.24) is 14.7 Å². The molecular formula is C23H31N3O3. The van der Waals surface area contributed by atoms with E-state index >= 15 is 0 Å². The fourth-order valence-electron chi connectivity index (χ4n) is 4.12. The first-order chi connectivity index (χ1) is 14.3. The molecule has 1 aromatic carbocycles. The molecule has 2 aliphatic heterocycles. The summed E-state index contributed by atoms with van der Waals surface area (Å²) in [7, 11) is 0. The van der Waals surface area contributed by atoms with Crippen LogP contribution in [0.2, 0.25) is 0 Å². The minimum Gasteiger partial charge on any atom is -0.467 e. The van der Waals surface area contributed by atoms with Crippen LogP contribution in [-0.2, 0) is 22.6 Å². The van der Waals surface area contributed by atoms with E-state index in [0.29, 0.717) is 25.7 Å².